The van der Waals surface area contributed by atoms with Crippen LogP contribution in [0.3, 0.4) is 0 Å². The largest absolute Gasteiger partial charge is 0.455 e. The van der Waals surface area contributed by atoms with Crippen molar-refractivity contribution in [2.24, 2.45) is 13.0 Å². The molecule has 4 aromatic heterocycles. The van der Waals surface area contributed by atoms with Gasteiger partial charge in [-0.1, -0.05) is 20.8 Å². The number of ether oxygens (including phenoxy) is 1. The molecule has 0 spiro atoms. The van der Waals surface area contributed by atoms with E-state index in [4.69, 9.17) is 14.8 Å². The lowest BCUT2D eigenvalue weighted by molar-refractivity contribution is -0.117. The van der Waals surface area contributed by atoms with Crippen LogP contribution in [-0.4, -0.2) is 60.2 Å². The predicted octanol–water partition coefficient (Wildman–Crippen LogP) is 4.62. The Morgan fingerprint density at radius 3 is 2.59 bits per heavy atom. The van der Waals surface area contributed by atoms with E-state index in [1.807, 2.05) is 17.7 Å². The quantitative estimate of drug-likeness (QED) is 0.356. The van der Waals surface area contributed by atoms with Crippen LogP contribution in [0.1, 0.15) is 51.8 Å². The SMILES string of the molecule is CN1CCC(n2nc(Nc3nc4ncc(Oc5ccnc(NC(=O)C6CC6)c5)cc4n3C)cc2C(C)(C)C)C1. The number of hydrogen-bond donors (Lipinski definition) is 2. The Kier molecular flexibility index (Phi) is 6.25. The molecule has 1 saturated heterocycles. The van der Waals surface area contributed by atoms with Gasteiger partial charge in [0.2, 0.25) is 11.9 Å². The van der Waals surface area contributed by atoms with Gasteiger partial charge in [0.05, 0.1) is 17.8 Å². The fourth-order valence-electron chi connectivity index (χ4n) is 4.99. The Bertz CT molecular complexity index is 1530. The van der Waals surface area contributed by atoms with E-state index in [-0.39, 0.29) is 17.2 Å². The van der Waals surface area contributed by atoms with Crippen molar-refractivity contribution in [1.82, 2.24) is 34.2 Å². The molecular weight excluding hydrogens is 494 g/mol. The molecule has 1 amide bonds. The van der Waals surface area contributed by atoms with Crippen LogP contribution in [0.15, 0.2) is 36.7 Å². The van der Waals surface area contributed by atoms with Gasteiger partial charge in [0, 0.05) is 55.0 Å². The summed E-state index contributed by atoms with van der Waals surface area (Å²) in [7, 11) is 4.10. The average molecular weight is 530 g/mol. The molecule has 5 heterocycles. The van der Waals surface area contributed by atoms with Crippen LogP contribution in [0.4, 0.5) is 17.6 Å². The first kappa shape index (κ1) is 25.3. The number of fused-ring (bicyclic) bond motifs is 1. The first-order valence-electron chi connectivity index (χ1n) is 13.5. The van der Waals surface area contributed by atoms with Gasteiger partial charge >= 0.3 is 0 Å². The predicted molar refractivity (Wildman–Crippen MR) is 150 cm³/mol. The van der Waals surface area contributed by atoms with E-state index in [1.165, 1.54) is 5.69 Å². The standard InChI is InChI=1S/C28H35N9O2/c1-28(2,3)22-14-24(34-37(22)18-9-11-35(4)16-18)32-27-33-25-21(36(27)5)12-20(15-30-25)39-19-8-10-29-23(13-19)31-26(38)17-6-7-17/h8,10,12-15,17-18H,6-7,9,11,16H2,1-5H3,(H,29,31,38)(H,30,32,33,34). The fraction of sp³-hybridized carbons (Fsp3) is 0.464. The van der Waals surface area contributed by atoms with E-state index in [0.29, 0.717) is 35.0 Å². The second kappa shape index (κ2) is 9.64. The van der Waals surface area contributed by atoms with Crippen molar-refractivity contribution in [3.05, 3.63) is 42.4 Å². The third-order valence-electron chi connectivity index (χ3n) is 7.34. The maximum atomic E-state index is 12.1. The molecule has 1 saturated carbocycles. The number of nitrogens with one attached hydrogen (secondary N) is 2. The van der Waals surface area contributed by atoms with Crippen LogP contribution in [0, 0.1) is 5.92 Å². The second-order valence-corrected chi connectivity index (χ2v) is 11.7. The minimum absolute atomic E-state index is 0.00711. The molecule has 1 aliphatic carbocycles. The first-order chi connectivity index (χ1) is 18.6. The van der Waals surface area contributed by atoms with Gasteiger partial charge in [0.25, 0.3) is 0 Å². The van der Waals surface area contributed by atoms with E-state index in [9.17, 15) is 4.79 Å². The van der Waals surface area contributed by atoms with Crippen molar-refractivity contribution in [3.63, 3.8) is 0 Å². The number of nitrogens with zero attached hydrogens (tertiary/aromatic N) is 7. The monoisotopic (exact) mass is 529 g/mol. The Balaban J connectivity index is 1.22. The van der Waals surface area contributed by atoms with Crippen molar-refractivity contribution in [1.29, 1.82) is 0 Å². The van der Waals surface area contributed by atoms with E-state index < -0.39 is 0 Å². The molecule has 39 heavy (non-hydrogen) atoms. The van der Waals surface area contributed by atoms with Gasteiger partial charge in [-0.15, -0.1) is 0 Å². The average Bonchev–Trinajstić information content (AvgIpc) is 3.40. The summed E-state index contributed by atoms with van der Waals surface area (Å²) in [6, 6.07) is 7.85. The van der Waals surface area contributed by atoms with Gasteiger partial charge in [-0.25, -0.2) is 9.97 Å². The molecule has 11 nitrogen and oxygen atoms in total. The van der Waals surface area contributed by atoms with Crippen molar-refractivity contribution in [2.45, 2.75) is 51.5 Å². The zero-order valence-electron chi connectivity index (χ0n) is 23.1. The summed E-state index contributed by atoms with van der Waals surface area (Å²) >= 11 is 0. The maximum Gasteiger partial charge on any atom is 0.228 e. The number of aromatic nitrogens is 6. The van der Waals surface area contributed by atoms with Crippen LogP contribution in [-0.2, 0) is 17.3 Å². The van der Waals surface area contributed by atoms with Gasteiger partial charge in [-0.05, 0) is 38.9 Å². The smallest absolute Gasteiger partial charge is 0.228 e. The zero-order valence-corrected chi connectivity index (χ0v) is 23.1. The highest BCUT2D eigenvalue weighted by atomic mass is 16.5. The number of carbonyl (C=O) groups is 1. The molecule has 1 aliphatic heterocycles. The number of likely N-dealkylation sites (N-methyl/N-ethyl adjacent to an activating group) is 1. The highest BCUT2D eigenvalue weighted by molar-refractivity contribution is 5.93. The lowest BCUT2D eigenvalue weighted by Crippen LogP contribution is -2.24. The summed E-state index contributed by atoms with van der Waals surface area (Å²) in [6.07, 6.45) is 6.22. The zero-order chi connectivity index (χ0) is 27.3. The van der Waals surface area contributed by atoms with Crippen LogP contribution >= 0.6 is 0 Å². The Labute approximate surface area is 227 Å². The van der Waals surface area contributed by atoms with Gasteiger partial charge in [0.15, 0.2) is 11.5 Å². The van der Waals surface area contributed by atoms with Gasteiger partial charge in [-0.2, -0.15) is 10.1 Å². The fourth-order valence-corrected chi connectivity index (χ4v) is 4.99. The summed E-state index contributed by atoms with van der Waals surface area (Å²) in [5, 5.41) is 11.2. The molecule has 0 radical (unpaired) electrons. The normalized spacial score (nSPS) is 18.0. The first-order valence-corrected chi connectivity index (χ1v) is 13.5. The molecule has 1 unspecified atom stereocenters. The minimum Gasteiger partial charge on any atom is -0.455 e. The Morgan fingerprint density at radius 2 is 1.87 bits per heavy atom. The topological polar surface area (TPSA) is 115 Å². The molecule has 2 fully saturated rings. The van der Waals surface area contributed by atoms with Crippen LogP contribution in [0.5, 0.6) is 11.5 Å². The third kappa shape index (κ3) is 5.31. The summed E-state index contributed by atoms with van der Waals surface area (Å²) in [5.41, 5.74) is 2.58. The number of aryl methyl sites for hydroxylation is 1. The minimum atomic E-state index is -0.0399. The van der Waals surface area contributed by atoms with Gasteiger partial charge < -0.3 is 24.8 Å². The number of anilines is 3. The van der Waals surface area contributed by atoms with E-state index >= 15 is 0 Å². The molecular formula is C28H35N9O2. The number of amides is 1. The number of imidazole rings is 1. The molecule has 1 atom stereocenters. The highest BCUT2D eigenvalue weighted by Gasteiger charge is 2.30. The lowest BCUT2D eigenvalue weighted by atomic mass is 9.91. The van der Waals surface area contributed by atoms with E-state index in [2.05, 4.69) is 64.1 Å². The van der Waals surface area contributed by atoms with E-state index in [1.54, 1.807) is 24.5 Å². The number of likely N-dealkylation sites (tertiary alicyclic amines) is 1. The second-order valence-electron chi connectivity index (χ2n) is 11.7. The number of carbonyl (C=O) groups excluding carboxylic acids is 1. The summed E-state index contributed by atoms with van der Waals surface area (Å²) in [5.74, 6) is 3.13. The van der Waals surface area contributed by atoms with Crippen molar-refractivity contribution in [3.8, 4) is 11.5 Å². The van der Waals surface area contributed by atoms with Crippen LogP contribution in [0.2, 0.25) is 0 Å². The molecule has 2 aliphatic rings. The number of hydrogen-bond acceptors (Lipinski definition) is 8. The van der Waals surface area contributed by atoms with Crippen LogP contribution in [0.25, 0.3) is 11.2 Å². The Morgan fingerprint density at radius 1 is 1.05 bits per heavy atom. The maximum absolute atomic E-state index is 12.1. The van der Waals surface area contributed by atoms with Crippen LogP contribution < -0.4 is 15.4 Å². The molecule has 2 N–H and O–H groups in total. The summed E-state index contributed by atoms with van der Waals surface area (Å²) in [6.45, 7) is 8.73. The lowest BCUT2D eigenvalue weighted by Gasteiger charge is -2.23. The molecule has 0 bridgehead atoms. The molecule has 204 valence electrons. The third-order valence-corrected chi connectivity index (χ3v) is 7.34. The number of pyridine rings is 2. The van der Waals surface area contributed by atoms with Gasteiger partial charge in [-0.3, -0.25) is 9.48 Å². The summed E-state index contributed by atoms with van der Waals surface area (Å²) in [4.78, 5) is 27.9. The Hall–Kier alpha value is -3.99. The molecule has 0 aromatic carbocycles. The summed E-state index contributed by atoms with van der Waals surface area (Å²) < 4.78 is 10.2. The van der Waals surface area contributed by atoms with Crippen molar-refractivity contribution < 1.29 is 9.53 Å². The molecule has 4 aromatic rings. The molecule has 6 rings (SSSR count). The van der Waals surface area contributed by atoms with Crippen molar-refractivity contribution >= 4 is 34.7 Å². The van der Waals surface area contributed by atoms with E-state index in [0.717, 1.165) is 43.7 Å². The molecule has 11 heteroatoms. The van der Waals surface area contributed by atoms with Crippen molar-refractivity contribution in [2.75, 3.05) is 30.8 Å². The number of rotatable bonds is 7. The van der Waals surface area contributed by atoms with Gasteiger partial charge in [0.1, 0.15) is 17.3 Å². The highest BCUT2D eigenvalue weighted by Crippen LogP contribution is 2.33.